The van der Waals surface area contributed by atoms with E-state index in [2.05, 4.69) is 4.18 Å². The molecule has 0 heterocycles. The minimum absolute atomic E-state index is 0.393. The van der Waals surface area contributed by atoms with Crippen molar-refractivity contribution in [3.63, 3.8) is 0 Å². The quantitative estimate of drug-likeness (QED) is 0.560. The molecular weight excluding hydrogens is 228 g/mol. The first kappa shape index (κ1) is 13.1. The topological polar surface area (TPSA) is 43.4 Å². The molecule has 0 amide bonds. The van der Waals surface area contributed by atoms with Gasteiger partial charge >= 0.3 is 75.4 Å². The molecule has 0 N–H and O–H groups in total. The third-order valence-electron chi connectivity index (χ3n) is 1.61. The van der Waals surface area contributed by atoms with E-state index >= 15 is 0 Å². The van der Waals surface area contributed by atoms with Gasteiger partial charge in [-0.3, -0.25) is 0 Å². The van der Waals surface area contributed by atoms with Crippen molar-refractivity contribution < 1.29 is 25.2 Å². The van der Waals surface area contributed by atoms with Gasteiger partial charge in [0.15, 0.2) is 0 Å². The molecule has 82 valence electrons. The molecular formula is C5H12F3O3PS. The Morgan fingerprint density at radius 1 is 1.38 bits per heavy atom. The fourth-order valence-electron chi connectivity index (χ4n) is 0.641. The molecule has 0 aliphatic carbocycles. The predicted octanol–water partition coefficient (Wildman–Crippen LogP) is 2.49. The fraction of sp³-hybridized carbons (Fsp3) is 1.00. The van der Waals surface area contributed by atoms with Gasteiger partial charge < -0.3 is 0 Å². The van der Waals surface area contributed by atoms with Gasteiger partial charge in [0.1, 0.15) is 0 Å². The Morgan fingerprint density at radius 2 is 1.77 bits per heavy atom. The second-order valence-electron chi connectivity index (χ2n) is 2.87. The molecule has 0 saturated heterocycles. The van der Waals surface area contributed by atoms with Crippen molar-refractivity contribution in [2.24, 2.45) is 0 Å². The van der Waals surface area contributed by atoms with E-state index in [0.717, 1.165) is 6.92 Å². The van der Waals surface area contributed by atoms with E-state index in [9.17, 15) is 21.0 Å². The fourth-order valence-corrected chi connectivity index (χ4v) is 2.66. The average Bonchev–Trinajstić information content (AvgIpc) is 1.81. The first-order valence-electron chi connectivity index (χ1n) is 3.49. The Labute approximate surface area is 76.1 Å². The van der Waals surface area contributed by atoms with E-state index in [1.807, 2.05) is 0 Å². The minimum atomic E-state index is -6.12. The van der Waals surface area contributed by atoms with Crippen LogP contribution < -0.4 is 0 Å². The molecule has 0 rings (SSSR count). The van der Waals surface area contributed by atoms with Crippen molar-refractivity contribution in [1.82, 2.24) is 0 Å². The maximum absolute atomic E-state index is 12.4. The van der Waals surface area contributed by atoms with Crippen molar-refractivity contribution in [2.75, 3.05) is 6.26 Å². The predicted molar refractivity (Wildman–Crippen MR) is 46.3 cm³/mol. The molecule has 1 unspecified atom stereocenters. The monoisotopic (exact) mass is 240 g/mol. The van der Waals surface area contributed by atoms with Crippen LogP contribution in [0.4, 0.5) is 12.6 Å². The van der Waals surface area contributed by atoms with E-state index in [1.54, 1.807) is 0 Å². The summed E-state index contributed by atoms with van der Waals surface area (Å²) in [6.07, 6.45) is 0.219. The molecule has 0 bridgehead atoms. The Morgan fingerprint density at radius 3 is 1.85 bits per heavy atom. The number of halogens is 3. The van der Waals surface area contributed by atoms with Gasteiger partial charge in [-0.1, -0.05) is 0 Å². The van der Waals surface area contributed by atoms with Gasteiger partial charge in [0, 0.05) is 0 Å². The van der Waals surface area contributed by atoms with Gasteiger partial charge in [-0.25, -0.2) is 0 Å². The first-order chi connectivity index (χ1) is 5.52. The van der Waals surface area contributed by atoms with E-state index in [0.29, 0.717) is 6.26 Å². The van der Waals surface area contributed by atoms with E-state index in [4.69, 9.17) is 0 Å². The molecule has 0 spiro atoms. The second-order valence-corrected chi connectivity index (χ2v) is 6.50. The SMILES string of the molecule is CCC(C)(OS(C)(=O)=O)[PH](F)(F)F. The molecule has 0 saturated carbocycles. The summed E-state index contributed by atoms with van der Waals surface area (Å²) in [6, 6.07) is 0. The molecule has 13 heavy (non-hydrogen) atoms. The van der Waals surface area contributed by atoms with Crippen LogP contribution >= 0.6 is 8.19 Å². The van der Waals surface area contributed by atoms with Crippen LogP contribution in [0, 0.1) is 0 Å². The van der Waals surface area contributed by atoms with Crippen LogP contribution in [0.15, 0.2) is 0 Å². The maximum atomic E-state index is 12.4. The van der Waals surface area contributed by atoms with Crippen molar-refractivity contribution in [3.05, 3.63) is 0 Å². The Kier molecular flexibility index (Phi) is 3.75. The van der Waals surface area contributed by atoms with Crippen LogP contribution in [0.2, 0.25) is 0 Å². The van der Waals surface area contributed by atoms with E-state index in [-0.39, 0.29) is 0 Å². The number of rotatable bonds is 4. The van der Waals surface area contributed by atoms with Crippen LogP contribution in [-0.4, -0.2) is 20.0 Å². The molecule has 0 aromatic heterocycles. The van der Waals surface area contributed by atoms with Crippen molar-refractivity contribution >= 4 is 18.3 Å². The Balaban J connectivity index is 4.88. The summed E-state index contributed by atoms with van der Waals surface area (Å²) in [7, 11) is -10.2. The van der Waals surface area contributed by atoms with Crippen molar-refractivity contribution in [3.8, 4) is 0 Å². The van der Waals surface area contributed by atoms with Crippen LogP contribution in [0.3, 0.4) is 0 Å². The van der Waals surface area contributed by atoms with Gasteiger partial charge in [-0.05, 0) is 0 Å². The molecule has 0 aromatic rings. The van der Waals surface area contributed by atoms with E-state index in [1.165, 1.54) is 6.92 Å². The number of hydrogen-bond acceptors (Lipinski definition) is 3. The Hall–Kier alpha value is 0.130. The van der Waals surface area contributed by atoms with Gasteiger partial charge in [0.25, 0.3) is 0 Å². The molecule has 8 heteroatoms. The van der Waals surface area contributed by atoms with Crippen LogP contribution in [0.1, 0.15) is 20.3 Å². The van der Waals surface area contributed by atoms with Gasteiger partial charge in [0.2, 0.25) is 0 Å². The van der Waals surface area contributed by atoms with Gasteiger partial charge in [-0.2, -0.15) is 0 Å². The zero-order chi connectivity index (χ0) is 10.9. The molecule has 1 atom stereocenters. The molecule has 0 aromatic carbocycles. The summed E-state index contributed by atoms with van der Waals surface area (Å²) < 4.78 is 62.3. The average molecular weight is 240 g/mol. The van der Waals surface area contributed by atoms with Gasteiger partial charge in [0.05, 0.1) is 0 Å². The van der Waals surface area contributed by atoms with Gasteiger partial charge in [-0.15, -0.1) is 0 Å². The van der Waals surface area contributed by atoms with Crippen molar-refractivity contribution in [2.45, 2.75) is 25.6 Å². The van der Waals surface area contributed by atoms with Crippen LogP contribution in [-0.2, 0) is 14.3 Å². The second kappa shape index (κ2) is 3.71. The molecule has 3 nitrogen and oxygen atoms in total. The molecule has 0 radical (unpaired) electrons. The summed E-state index contributed by atoms with van der Waals surface area (Å²) in [4.78, 5) is 0. The summed E-state index contributed by atoms with van der Waals surface area (Å²) in [5.41, 5.74) is 0. The summed E-state index contributed by atoms with van der Waals surface area (Å²) >= 11 is 0. The Bertz CT molecular complexity index is 273. The van der Waals surface area contributed by atoms with Crippen LogP contribution in [0.5, 0.6) is 0 Å². The third-order valence-corrected chi connectivity index (χ3v) is 4.08. The standard InChI is InChI=1S/C5H12F3O3PS/c1-4-5(2,12(6,7)8)11-13(3,9)10/h12H,4H2,1-3H3. The summed E-state index contributed by atoms with van der Waals surface area (Å²) in [6.45, 7) is 2.01. The zero-order valence-electron chi connectivity index (χ0n) is 7.47. The number of hydrogen-bond donors (Lipinski definition) is 0. The van der Waals surface area contributed by atoms with Crippen LogP contribution in [0.25, 0.3) is 0 Å². The molecule has 0 aliphatic heterocycles. The van der Waals surface area contributed by atoms with Crippen molar-refractivity contribution in [1.29, 1.82) is 0 Å². The normalized spacial score (nSPS) is 19.5. The molecule has 0 fully saturated rings. The zero-order valence-corrected chi connectivity index (χ0v) is 9.29. The first-order valence-corrected chi connectivity index (χ1v) is 6.94. The third kappa shape index (κ3) is 3.79. The van der Waals surface area contributed by atoms with E-state index < -0.39 is 30.1 Å². The summed E-state index contributed by atoms with van der Waals surface area (Å²) in [5.74, 6) is 0. The summed E-state index contributed by atoms with van der Waals surface area (Å²) in [5, 5.41) is -2.49. The molecule has 0 aliphatic rings.